The molecular weight excluding hydrogens is 611 g/mol. The number of anilines is 1. The Bertz CT molecular complexity index is 1580. The lowest BCUT2D eigenvalue weighted by molar-refractivity contribution is 0.0729. The highest BCUT2D eigenvalue weighted by Gasteiger charge is 2.36. The highest BCUT2D eigenvalue weighted by atomic mass is 19.1. The van der Waals surface area contributed by atoms with E-state index in [1.54, 1.807) is 12.1 Å². The number of hydrogen-bond acceptors (Lipinski definition) is 6. The lowest BCUT2D eigenvalue weighted by atomic mass is 10.1. The number of aliphatic hydroxyl groups excluding tert-OH is 2. The normalized spacial score (nSPS) is 20.4. The van der Waals surface area contributed by atoms with Crippen LogP contribution in [0.4, 0.5) is 10.1 Å². The number of benzene rings is 5. The zero-order valence-electron chi connectivity index (χ0n) is 27.9. The number of rotatable bonds is 11. The summed E-state index contributed by atoms with van der Waals surface area (Å²) in [6.45, 7) is 6.07. The molecule has 4 atom stereocenters. The fourth-order valence-electron chi connectivity index (χ4n) is 6.87. The summed E-state index contributed by atoms with van der Waals surface area (Å²) in [5, 5.41) is 24.3. The third kappa shape index (κ3) is 9.85. The van der Waals surface area contributed by atoms with Crippen molar-refractivity contribution in [3.8, 4) is 0 Å². The predicted molar refractivity (Wildman–Crippen MR) is 195 cm³/mol. The second kappa shape index (κ2) is 17.3. The Morgan fingerprint density at radius 1 is 0.510 bits per heavy atom. The van der Waals surface area contributed by atoms with E-state index in [4.69, 9.17) is 0 Å². The van der Waals surface area contributed by atoms with Gasteiger partial charge in [-0.1, -0.05) is 121 Å². The Kier molecular flexibility index (Phi) is 12.2. The minimum atomic E-state index is -0.461. The van der Waals surface area contributed by atoms with E-state index in [9.17, 15) is 14.6 Å². The van der Waals surface area contributed by atoms with E-state index in [2.05, 4.69) is 92.8 Å². The Morgan fingerprint density at radius 2 is 0.918 bits per heavy atom. The fraction of sp³-hybridized carbons (Fsp3) is 0.286. The molecule has 5 aromatic carbocycles. The summed E-state index contributed by atoms with van der Waals surface area (Å²) < 4.78 is 13.3. The highest BCUT2D eigenvalue weighted by Crippen LogP contribution is 2.26. The molecule has 0 radical (unpaired) electrons. The smallest absolute Gasteiger partial charge is 0.123 e. The maximum atomic E-state index is 13.3. The first-order chi connectivity index (χ1) is 24.0. The number of β-amino-alcohol motifs (C(OH)–C–C–N with tert-alkyl or cyclic N) is 2. The summed E-state index contributed by atoms with van der Waals surface area (Å²) in [5.74, 6) is -0.241. The molecular formula is C42H47FN4O2. The van der Waals surface area contributed by atoms with E-state index < -0.39 is 6.10 Å². The Morgan fingerprint density at radius 3 is 1.31 bits per heavy atom. The van der Waals surface area contributed by atoms with Gasteiger partial charge in [0, 0.05) is 64.1 Å². The first kappa shape index (κ1) is 34.5. The fourth-order valence-corrected chi connectivity index (χ4v) is 6.87. The average molecular weight is 659 g/mol. The summed E-state index contributed by atoms with van der Waals surface area (Å²) in [4.78, 5) is 6.85. The van der Waals surface area contributed by atoms with Crippen LogP contribution in [0.3, 0.4) is 0 Å². The van der Waals surface area contributed by atoms with E-state index in [1.807, 2.05) is 48.5 Å². The molecule has 0 spiro atoms. The first-order valence-corrected chi connectivity index (χ1v) is 17.2. The zero-order chi connectivity index (χ0) is 33.8. The minimum absolute atomic E-state index is 0.00506. The van der Waals surface area contributed by atoms with Crippen molar-refractivity contribution in [2.75, 3.05) is 31.1 Å². The molecule has 0 aromatic heterocycles. The molecule has 7 rings (SSSR count). The molecule has 254 valence electrons. The molecule has 0 saturated carbocycles. The summed E-state index contributed by atoms with van der Waals surface area (Å²) >= 11 is 0. The molecule has 7 heteroatoms. The van der Waals surface area contributed by atoms with Crippen LogP contribution >= 0.6 is 0 Å². The molecule has 6 nitrogen and oxygen atoms in total. The summed E-state index contributed by atoms with van der Waals surface area (Å²) in [5.41, 5.74) is 5.97. The highest BCUT2D eigenvalue weighted by molar-refractivity contribution is 5.48. The van der Waals surface area contributed by atoms with Gasteiger partial charge in [-0.05, 0) is 46.5 Å². The van der Waals surface area contributed by atoms with E-state index in [0.717, 1.165) is 38.4 Å². The van der Waals surface area contributed by atoms with Crippen LogP contribution in [0, 0.1) is 5.82 Å². The molecule has 2 heterocycles. The monoisotopic (exact) mass is 658 g/mol. The van der Waals surface area contributed by atoms with Gasteiger partial charge in [0.1, 0.15) is 5.82 Å². The van der Waals surface area contributed by atoms with Crippen molar-refractivity contribution in [1.29, 1.82) is 0 Å². The van der Waals surface area contributed by atoms with Crippen LogP contribution in [0.5, 0.6) is 0 Å². The number of nitrogens with one attached hydrogen (secondary N) is 1. The molecule has 2 fully saturated rings. The van der Waals surface area contributed by atoms with Crippen molar-refractivity contribution in [3.05, 3.63) is 174 Å². The Balaban J connectivity index is 0.000000177. The number of halogens is 1. The average Bonchev–Trinajstić information content (AvgIpc) is 3.75. The third-order valence-corrected chi connectivity index (χ3v) is 9.45. The molecule has 2 aliphatic rings. The molecule has 2 saturated heterocycles. The molecule has 0 amide bonds. The van der Waals surface area contributed by atoms with Crippen LogP contribution in [0.1, 0.15) is 22.3 Å². The van der Waals surface area contributed by atoms with Gasteiger partial charge in [-0.2, -0.15) is 0 Å². The molecule has 0 aliphatic carbocycles. The van der Waals surface area contributed by atoms with Crippen molar-refractivity contribution in [2.45, 2.75) is 50.5 Å². The minimum Gasteiger partial charge on any atom is -0.390 e. The number of nitrogens with zero attached hydrogens (tertiary/aromatic N) is 3. The molecule has 0 unspecified atom stereocenters. The lowest BCUT2D eigenvalue weighted by Crippen LogP contribution is -2.42. The van der Waals surface area contributed by atoms with Gasteiger partial charge in [0.15, 0.2) is 0 Å². The van der Waals surface area contributed by atoms with Crippen LogP contribution in [-0.4, -0.2) is 70.5 Å². The molecule has 49 heavy (non-hydrogen) atoms. The van der Waals surface area contributed by atoms with E-state index in [1.165, 1.54) is 34.4 Å². The third-order valence-electron chi connectivity index (χ3n) is 9.45. The van der Waals surface area contributed by atoms with Gasteiger partial charge in [0.2, 0.25) is 0 Å². The molecule has 0 bridgehead atoms. The van der Waals surface area contributed by atoms with Gasteiger partial charge in [-0.25, -0.2) is 4.39 Å². The lowest BCUT2D eigenvalue weighted by Gasteiger charge is -2.31. The maximum absolute atomic E-state index is 13.3. The molecule has 2 aliphatic heterocycles. The van der Waals surface area contributed by atoms with Crippen LogP contribution in [0.2, 0.25) is 0 Å². The molecule has 5 aromatic rings. The SMILES string of the molecule is O[C@@H]1CN(c2ccc(F)cc2)C[C@H]1N(Cc1ccccc1)Cc1ccccc1.O[C@@H]1CNC[C@H]1N(Cc1ccccc1)Cc1ccccc1. The summed E-state index contributed by atoms with van der Waals surface area (Å²) in [7, 11) is 0. The van der Waals surface area contributed by atoms with Gasteiger partial charge in [0.25, 0.3) is 0 Å². The van der Waals surface area contributed by atoms with Crippen LogP contribution < -0.4 is 10.2 Å². The number of hydrogen-bond donors (Lipinski definition) is 3. The van der Waals surface area contributed by atoms with Gasteiger partial charge < -0.3 is 20.4 Å². The van der Waals surface area contributed by atoms with Gasteiger partial charge in [-0.15, -0.1) is 0 Å². The van der Waals surface area contributed by atoms with Crippen molar-refractivity contribution >= 4 is 5.69 Å². The summed E-state index contributed by atoms with van der Waals surface area (Å²) in [6, 6.07) is 48.3. The van der Waals surface area contributed by atoms with Crippen LogP contribution in [0.25, 0.3) is 0 Å². The maximum Gasteiger partial charge on any atom is 0.123 e. The number of aliphatic hydroxyl groups is 2. The Labute approximate surface area is 290 Å². The van der Waals surface area contributed by atoms with Crippen LogP contribution in [-0.2, 0) is 26.2 Å². The second-order valence-electron chi connectivity index (χ2n) is 13.1. The largest absolute Gasteiger partial charge is 0.390 e. The standard InChI is InChI=1S/C24H25FN2O.C18H22N2O/c25-21-11-13-22(14-12-21)26-17-23(24(28)18-26)27(15-19-7-3-1-4-8-19)16-20-9-5-2-6-10-20;21-18-12-19-11-17(18)20(13-15-7-3-1-4-8-15)14-16-9-5-2-6-10-16/h1-14,23-24,28H,15-18H2;1-10,17-19,21H,11-14H2/t23-,24-;17-,18-/m11/s1. The van der Waals surface area contributed by atoms with Crippen molar-refractivity contribution in [1.82, 2.24) is 15.1 Å². The predicted octanol–water partition coefficient (Wildman–Crippen LogP) is 6.10. The topological polar surface area (TPSA) is 62.2 Å². The van der Waals surface area contributed by atoms with Crippen LogP contribution in [0.15, 0.2) is 146 Å². The first-order valence-electron chi connectivity index (χ1n) is 17.2. The van der Waals surface area contributed by atoms with E-state index in [-0.39, 0.29) is 24.0 Å². The van der Waals surface area contributed by atoms with Crippen molar-refractivity contribution in [2.24, 2.45) is 0 Å². The van der Waals surface area contributed by atoms with Crippen molar-refractivity contribution in [3.63, 3.8) is 0 Å². The van der Waals surface area contributed by atoms with Gasteiger partial charge in [-0.3, -0.25) is 9.80 Å². The summed E-state index contributed by atoms with van der Waals surface area (Å²) in [6.07, 6.45) is -0.755. The van der Waals surface area contributed by atoms with Gasteiger partial charge >= 0.3 is 0 Å². The quantitative estimate of drug-likeness (QED) is 0.160. The van der Waals surface area contributed by atoms with Crippen molar-refractivity contribution < 1.29 is 14.6 Å². The zero-order valence-corrected chi connectivity index (χ0v) is 27.9. The second-order valence-corrected chi connectivity index (χ2v) is 13.1. The van der Waals surface area contributed by atoms with E-state index >= 15 is 0 Å². The van der Waals surface area contributed by atoms with E-state index in [0.29, 0.717) is 19.6 Å². The Hall–Kier alpha value is -4.37. The van der Waals surface area contributed by atoms with Gasteiger partial charge in [0.05, 0.1) is 18.2 Å². The molecule has 3 N–H and O–H groups in total.